The number of imide groups is 1. The van der Waals surface area contributed by atoms with Gasteiger partial charge in [-0.1, -0.05) is 54.6 Å². The number of non-ortho nitro benzene ring substituents is 1. The molecule has 0 bridgehead atoms. The average molecular weight is 375 g/mol. The third-order valence-electron chi connectivity index (χ3n) is 5.07. The minimum Gasteiger partial charge on any atom is -0.319 e. The molecule has 1 fully saturated rings. The molecule has 0 aliphatic carbocycles. The standard InChI is InChI=1S/C21H17N3O4/c1-21(18-11-5-8-15-7-2-3-10-17(15)18)19(25)23(20(26)22-21)13-14-6-4-9-16(12-14)24(27)28/h2-12H,13H2,1H3,(H,22,26)/t21-/m0/s1. The summed E-state index contributed by atoms with van der Waals surface area (Å²) < 4.78 is 0. The van der Waals surface area contributed by atoms with Crippen LogP contribution in [-0.4, -0.2) is 21.8 Å². The molecule has 1 N–H and O–H groups in total. The molecule has 1 heterocycles. The lowest BCUT2D eigenvalue weighted by atomic mass is 9.88. The van der Waals surface area contributed by atoms with Crippen LogP contribution in [0.15, 0.2) is 66.7 Å². The zero-order valence-electron chi connectivity index (χ0n) is 15.1. The van der Waals surface area contributed by atoms with Crippen molar-refractivity contribution in [2.45, 2.75) is 19.0 Å². The molecule has 0 aromatic heterocycles. The predicted molar refractivity (Wildman–Crippen MR) is 103 cm³/mol. The molecule has 4 rings (SSSR count). The minimum absolute atomic E-state index is 0.0350. The summed E-state index contributed by atoms with van der Waals surface area (Å²) in [5.41, 5.74) is -0.0645. The van der Waals surface area contributed by atoms with Crippen molar-refractivity contribution in [2.75, 3.05) is 0 Å². The van der Waals surface area contributed by atoms with Crippen LogP contribution in [0.1, 0.15) is 18.1 Å². The number of hydrogen-bond donors (Lipinski definition) is 1. The molecule has 3 amide bonds. The highest BCUT2D eigenvalue weighted by Crippen LogP contribution is 2.34. The van der Waals surface area contributed by atoms with Gasteiger partial charge in [0.05, 0.1) is 11.5 Å². The first-order chi connectivity index (χ1) is 13.4. The first-order valence-corrected chi connectivity index (χ1v) is 8.76. The van der Waals surface area contributed by atoms with Crippen LogP contribution in [0, 0.1) is 10.1 Å². The van der Waals surface area contributed by atoms with Gasteiger partial charge in [-0.25, -0.2) is 4.79 Å². The quantitative estimate of drug-likeness (QED) is 0.427. The third-order valence-corrected chi connectivity index (χ3v) is 5.07. The summed E-state index contributed by atoms with van der Waals surface area (Å²) in [4.78, 5) is 37.4. The van der Waals surface area contributed by atoms with Gasteiger partial charge in [-0.15, -0.1) is 0 Å². The second-order valence-corrected chi connectivity index (χ2v) is 6.90. The summed E-state index contributed by atoms with van der Waals surface area (Å²) in [6.45, 7) is 1.65. The van der Waals surface area contributed by atoms with Crippen molar-refractivity contribution in [3.8, 4) is 0 Å². The molecule has 1 saturated heterocycles. The van der Waals surface area contributed by atoms with E-state index >= 15 is 0 Å². The number of benzene rings is 3. The van der Waals surface area contributed by atoms with Gasteiger partial charge in [0.25, 0.3) is 11.6 Å². The van der Waals surface area contributed by atoms with Gasteiger partial charge in [0.15, 0.2) is 0 Å². The molecule has 28 heavy (non-hydrogen) atoms. The van der Waals surface area contributed by atoms with E-state index in [0.717, 1.165) is 15.7 Å². The Morgan fingerprint density at radius 1 is 1.04 bits per heavy atom. The SMILES string of the molecule is C[C@@]1(c2cccc3ccccc23)NC(=O)N(Cc2cccc([N+](=O)[O-])c2)C1=O. The second-order valence-electron chi connectivity index (χ2n) is 6.90. The number of nitro benzene ring substituents is 1. The van der Waals surface area contributed by atoms with Crippen molar-refractivity contribution in [3.63, 3.8) is 0 Å². The number of urea groups is 1. The first-order valence-electron chi connectivity index (χ1n) is 8.76. The van der Waals surface area contributed by atoms with Gasteiger partial charge in [0, 0.05) is 12.1 Å². The van der Waals surface area contributed by atoms with E-state index in [1.807, 2.05) is 42.5 Å². The molecule has 3 aromatic rings. The van der Waals surface area contributed by atoms with Crippen LogP contribution >= 0.6 is 0 Å². The summed E-state index contributed by atoms with van der Waals surface area (Å²) in [6, 6.07) is 18.7. The number of nitro groups is 1. The van der Waals surface area contributed by atoms with Crippen LogP contribution in [0.2, 0.25) is 0 Å². The molecule has 0 unspecified atom stereocenters. The third kappa shape index (κ3) is 2.77. The molecule has 3 aromatic carbocycles. The van der Waals surface area contributed by atoms with E-state index in [9.17, 15) is 19.7 Å². The zero-order chi connectivity index (χ0) is 19.9. The maximum atomic E-state index is 13.2. The molecule has 0 spiro atoms. The van der Waals surface area contributed by atoms with Crippen molar-refractivity contribution < 1.29 is 14.5 Å². The molecule has 1 aliphatic rings. The summed E-state index contributed by atoms with van der Waals surface area (Å²) in [7, 11) is 0. The Morgan fingerprint density at radius 3 is 2.54 bits per heavy atom. The van der Waals surface area contributed by atoms with E-state index in [0.29, 0.717) is 11.1 Å². The smallest absolute Gasteiger partial charge is 0.319 e. The Kier molecular flexibility index (Phi) is 4.07. The van der Waals surface area contributed by atoms with Crippen molar-refractivity contribution in [1.82, 2.24) is 10.2 Å². The summed E-state index contributed by atoms with van der Waals surface area (Å²) >= 11 is 0. The zero-order valence-corrected chi connectivity index (χ0v) is 15.1. The van der Waals surface area contributed by atoms with Crippen LogP contribution in [0.5, 0.6) is 0 Å². The number of carbonyl (C=O) groups excluding carboxylic acids is 2. The van der Waals surface area contributed by atoms with Gasteiger partial charge in [0.1, 0.15) is 5.54 Å². The average Bonchev–Trinajstić information content (AvgIpc) is 2.91. The number of carbonyl (C=O) groups is 2. The fourth-order valence-electron chi connectivity index (χ4n) is 3.64. The number of nitrogens with zero attached hydrogens (tertiary/aromatic N) is 2. The van der Waals surface area contributed by atoms with Crippen molar-refractivity contribution in [2.24, 2.45) is 0 Å². The Balaban J connectivity index is 1.70. The van der Waals surface area contributed by atoms with E-state index in [4.69, 9.17) is 0 Å². The van der Waals surface area contributed by atoms with Crippen LogP contribution in [0.4, 0.5) is 10.5 Å². The lowest BCUT2D eigenvalue weighted by Crippen LogP contribution is -2.41. The molecular formula is C21H17N3O4. The van der Waals surface area contributed by atoms with E-state index in [1.54, 1.807) is 13.0 Å². The molecule has 1 aliphatic heterocycles. The first kappa shape index (κ1) is 17.7. The van der Waals surface area contributed by atoms with Gasteiger partial charge in [0.2, 0.25) is 0 Å². The number of hydrogen-bond acceptors (Lipinski definition) is 4. The number of fused-ring (bicyclic) bond motifs is 1. The molecular weight excluding hydrogens is 358 g/mol. The molecule has 0 saturated carbocycles. The van der Waals surface area contributed by atoms with Crippen molar-refractivity contribution in [1.29, 1.82) is 0 Å². The van der Waals surface area contributed by atoms with E-state index < -0.39 is 16.5 Å². The van der Waals surface area contributed by atoms with E-state index in [1.165, 1.54) is 18.2 Å². The number of rotatable bonds is 4. The van der Waals surface area contributed by atoms with Crippen molar-refractivity contribution >= 4 is 28.4 Å². The van der Waals surface area contributed by atoms with Crippen LogP contribution in [0.25, 0.3) is 10.8 Å². The van der Waals surface area contributed by atoms with E-state index in [-0.39, 0.29) is 18.1 Å². The van der Waals surface area contributed by atoms with E-state index in [2.05, 4.69) is 5.32 Å². The Labute approximate surface area is 160 Å². The largest absolute Gasteiger partial charge is 0.325 e. The topological polar surface area (TPSA) is 92.6 Å². The summed E-state index contributed by atoms with van der Waals surface area (Å²) in [5.74, 6) is -0.389. The Hall–Kier alpha value is -3.74. The van der Waals surface area contributed by atoms with Crippen LogP contribution < -0.4 is 5.32 Å². The van der Waals surface area contributed by atoms with Crippen molar-refractivity contribution in [3.05, 3.63) is 88.0 Å². The fraction of sp³-hybridized carbons (Fsp3) is 0.143. The number of amides is 3. The fourth-order valence-corrected chi connectivity index (χ4v) is 3.64. The maximum Gasteiger partial charge on any atom is 0.325 e. The minimum atomic E-state index is -1.21. The molecule has 0 radical (unpaired) electrons. The van der Waals surface area contributed by atoms with Gasteiger partial charge < -0.3 is 5.32 Å². The lowest BCUT2D eigenvalue weighted by molar-refractivity contribution is -0.384. The monoisotopic (exact) mass is 375 g/mol. The lowest BCUT2D eigenvalue weighted by Gasteiger charge is -2.24. The van der Waals surface area contributed by atoms with Gasteiger partial charge in [-0.2, -0.15) is 0 Å². The van der Waals surface area contributed by atoms with Gasteiger partial charge >= 0.3 is 6.03 Å². The Morgan fingerprint density at radius 2 is 1.75 bits per heavy atom. The number of nitrogens with one attached hydrogen (secondary N) is 1. The van der Waals surface area contributed by atoms with Crippen LogP contribution in [-0.2, 0) is 16.9 Å². The predicted octanol–water partition coefficient (Wildman–Crippen LogP) is 3.72. The highest BCUT2D eigenvalue weighted by atomic mass is 16.6. The highest BCUT2D eigenvalue weighted by molar-refractivity contribution is 6.09. The highest BCUT2D eigenvalue weighted by Gasteiger charge is 2.49. The molecule has 1 atom stereocenters. The molecule has 140 valence electrons. The second kappa shape index (κ2) is 6.45. The van der Waals surface area contributed by atoms with Gasteiger partial charge in [-0.3, -0.25) is 19.8 Å². The van der Waals surface area contributed by atoms with Crippen LogP contribution in [0.3, 0.4) is 0 Å². The Bertz CT molecular complexity index is 1120. The molecule has 7 nitrogen and oxygen atoms in total. The van der Waals surface area contributed by atoms with Gasteiger partial charge in [-0.05, 0) is 28.8 Å². The molecule has 7 heteroatoms. The maximum absolute atomic E-state index is 13.2. The normalized spacial score (nSPS) is 19.1. The summed E-state index contributed by atoms with van der Waals surface area (Å²) in [5, 5.41) is 15.6. The summed E-state index contributed by atoms with van der Waals surface area (Å²) in [6.07, 6.45) is 0.